The van der Waals surface area contributed by atoms with Crippen LogP contribution in [0.3, 0.4) is 0 Å². The van der Waals surface area contributed by atoms with Gasteiger partial charge >= 0.3 is 0 Å². The van der Waals surface area contributed by atoms with Crippen LogP contribution < -0.4 is 0 Å². The highest BCUT2D eigenvalue weighted by Crippen LogP contribution is 2.26. The first-order valence-electron chi connectivity index (χ1n) is 7.31. The third kappa shape index (κ3) is 3.27. The molecule has 7 heteroatoms. The molecule has 0 atom stereocenters. The predicted molar refractivity (Wildman–Crippen MR) is 97.6 cm³/mol. The Morgan fingerprint density at radius 3 is 2.67 bits per heavy atom. The number of aromatic nitrogens is 5. The Hall–Kier alpha value is -2.38. The minimum absolute atomic E-state index is 0.504. The normalized spacial score (nSPS) is 10.9. The van der Waals surface area contributed by atoms with Gasteiger partial charge in [-0.25, -0.2) is 4.98 Å². The van der Waals surface area contributed by atoms with Crippen LogP contribution in [0.1, 0.15) is 5.69 Å². The Balaban J connectivity index is 1.54. The van der Waals surface area contributed by atoms with E-state index in [2.05, 4.69) is 48.5 Å². The lowest BCUT2D eigenvalue weighted by atomic mass is 10.2. The average Bonchev–Trinajstić information content (AvgIpc) is 3.26. The molecule has 4 rings (SSSR count). The van der Waals surface area contributed by atoms with Crippen molar-refractivity contribution in [1.82, 2.24) is 25.2 Å². The highest BCUT2D eigenvalue weighted by molar-refractivity contribution is 9.10. The Kier molecular flexibility index (Phi) is 4.18. The molecule has 5 nitrogen and oxygen atoms in total. The number of benzene rings is 2. The van der Waals surface area contributed by atoms with Crippen LogP contribution in [-0.2, 0) is 6.54 Å². The van der Waals surface area contributed by atoms with Crippen LogP contribution >= 0.6 is 27.3 Å². The molecule has 0 aliphatic rings. The van der Waals surface area contributed by atoms with Gasteiger partial charge in [0.2, 0.25) is 5.82 Å². The van der Waals surface area contributed by atoms with Crippen molar-refractivity contribution < 1.29 is 0 Å². The molecule has 0 saturated heterocycles. The van der Waals surface area contributed by atoms with Gasteiger partial charge in [-0.3, -0.25) is 0 Å². The molecule has 2 aromatic heterocycles. The summed E-state index contributed by atoms with van der Waals surface area (Å²) in [4.78, 5) is 6.24. The summed E-state index contributed by atoms with van der Waals surface area (Å²) in [5.74, 6) is 0.623. The molecule has 4 aromatic rings. The lowest BCUT2D eigenvalue weighted by Crippen LogP contribution is -2.04. The molecule has 0 aliphatic carbocycles. The van der Waals surface area contributed by atoms with Gasteiger partial charge in [-0.2, -0.15) is 4.80 Å². The maximum Gasteiger partial charge on any atom is 0.204 e. The quantitative estimate of drug-likeness (QED) is 0.515. The van der Waals surface area contributed by atoms with Gasteiger partial charge in [0.1, 0.15) is 11.6 Å². The fourth-order valence-corrected chi connectivity index (χ4v) is 3.50. The SMILES string of the molecule is Brc1cccc(-c2nc(Cn3nnc(-c4ccccc4)n3)cs2)c1. The monoisotopic (exact) mass is 397 g/mol. The molecule has 0 spiro atoms. The predicted octanol–water partition coefficient (Wildman–Crippen LogP) is 4.27. The first kappa shape index (κ1) is 15.2. The van der Waals surface area contributed by atoms with E-state index in [0.29, 0.717) is 12.4 Å². The fourth-order valence-electron chi connectivity index (χ4n) is 2.29. The molecular weight excluding hydrogens is 386 g/mol. The van der Waals surface area contributed by atoms with Gasteiger partial charge < -0.3 is 0 Å². The summed E-state index contributed by atoms with van der Waals surface area (Å²) >= 11 is 5.10. The Bertz CT molecular complexity index is 964. The van der Waals surface area contributed by atoms with Crippen molar-refractivity contribution in [2.45, 2.75) is 6.54 Å². The number of halogens is 1. The fraction of sp³-hybridized carbons (Fsp3) is 0.0588. The van der Waals surface area contributed by atoms with E-state index in [-0.39, 0.29) is 0 Å². The maximum absolute atomic E-state index is 4.67. The van der Waals surface area contributed by atoms with Gasteiger partial charge in [0.25, 0.3) is 0 Å². The van der Waals surface area contributed by atoms with E-state index in [1.54, 1.807) is 16.1 Å². The Morgan fingerprint density at radius 2 is 1.83 bits per heavy atom. The summed E-state index contributed by atoms with van der Waals surface area (Å²) < 4.78 is 1.04. The third-order valence-corrected chi connectivity index (χ3v) is 4.84. The molecular formula is C17H12BrN5S. The standard InChI is InChI=1S/C17H12BrN5S/c18-14-8-4-7-13(9-14)17-19-15(11-24-17)10-23-21-16(20-22-23)12-5-2-1-3-6-12/h1-9,11H,10H2. The number of hydrogen-bond donors (Lipinski definition) is 0. The van der Waals surface area contributed by atoms with Gasteiger partial charge in [0, 0.05) is 21.0 Å². The second kappa shape index (κ2) is 6.62. The summed E-state index contributed by atoms with van der Waals surface area (Å²) in [5, 5.41) is 15.7. The number of rotatable bonds is 4. The summed E-state index contributed by atoms with van der Waals surface area (Å²) in [7, 11) is 0. The lowest BCUT2D eigenvalue weighted by molar-refractivity contribution is 0.566. The van der Waals surface area contributed by atoms with Crippen molar-refractivity contribution in [3.8, 4) is 22.0 Å². The first-order valence-corrected chi connectivity index (χ1v) is 8.99. The zero-order chi connectivity index (χ0) is 16.4. The Labute approximate surface area is 151 Å². The molecule has 2 aromatic carbocycles. The molecule has 0 amide bonds. The molecule has 118 valence electrons. The topological polar surface area (TPSA) is 56.5 Å². The van der Waals surface area contributed by atoms with Crippen LogP contribution in [0.15, 0.2) is 64.5 Å². The number of tetrazole rings is 1. The summed E-state index contributed by atoms with van der Waals surface area (Å²) in [6.45, 7) is 0.504. The smallest absolute Gasteiger partial charge is 0.204 e. The number of hydrogen-bond acceptors (Lipinski definition) is 5. The molecule has 0 aliphatic heterocycles. The minimum atomic E-state index is 0.504. The van der Waals surface area contributed by atoms with Crippen molar-refractivity contribution in [2.24, 2.45) is 0 Å². The number of thiazole rings is 1. The van der Waals surface area contributed by atoms with Crippen molar-refractivity contribution in [1.29, 1.82) is 0 Å². The maximum atomic E-state index is 4.67. The van der Waals surface area contributed by atoms with Crippen LogP contribution in [0, 0.1) is 0 Å². The molecule has 0 unspecified atom stereocenters. The average molecular weight is 398 g/mol. The van der Waals surface area contributed by atoms with E-state index in [1.807, 2.05) is 47.8 Å². The van der Waals surface area contributed by atoms with E-state index in [1.165, 1.54) is 0 Å². The minimum Gasteiger partial charge on any atom is -0.239 e. The molecule has 0 radical (unpaired) electrons. The van der Waals surface area contributed by atoms with Crippen LogP contribution in [-0.4, -0.2) is 25.2 Å². The van der Waals surface area contributed by atoms with Crippen LogP contribution in [0.2, 0.25) is 0 Å². The lowest BCUT2D eigenvalue weighted by Gasteiger charge is -1.97. The van der Waals surface area contributed by atoms with Gasteiger partial charge in [-0.05, 0) is 17.3 Å². The van der Waals surface area contributed by atoms with Crippen LogP contribution in [0.4, 0.5) is 0 Å². The van der Waals surface area contributed by atoms with E-state index in [0.717, 1.165) is 26.3 Å². The molecule has 0 fully saturated rings. The molecule has 24 heavy (non-hydrogen) atoms. The van der Waals surface area contributed by atoms with Gasteiger partial charge in [-0.1, -0.05) is 58.4 Å². The zero-order valence-electron chi connectivity index (χ0n) is 12.5. The van der Waals surface area contributed by atoms with Gasteiger partial charge in [0.15, 0.2) is 0 Å². The highest BCUT2D eigenvalue weighted by Gasteiger charge is 2.09. The van der Waals surface area contributed by atoms with Crippen molar-refractivity contribution >= 4 is 27.3 Å². The highest BCUT2D eigenvalue weighted by atomic mass is 79.9. The van der Waals surface area contributed by atoms with Crippen molar-refractivity contribution in [2.75, 3.05) is 0 Å². The molecule has 0 saturated carbocycles. The second-order valence-electron chi connectivity index (χ2n) is 5.16. The zero-order valence-corrected chi connectivity index (χ0v) is 14.9. The summed E-state index contributed by atoms with van der Waals surface area (Å²) in [5.41, 5.74) is 2.97. The summed E-state index contributed by atoms with van der Waals surface area (Å²) in [6.07, 6.45) is 0. The van der Waals surface area contributed by atoms with Crippen LogP contribution in [0.25, 0.3) is 22.0 Å². The molecule has 0 N–H and O–H groups in total. The molecule has 0 bridgehead atoms. The largest absolute Gasteiger partial charge is 0.239 e. The third-order valence-electron chi connectivity index (χ3n) is 3.41. The Morgan fingerprint density at radius 1 is 1.00 bits per heavy atom. The summed E-state index contributed by atoms with van der Waals surface area (Å²) in [6, 6.07) is 17.9. The van der Waals surface area contributed by atoms with Gasteiger partial charge in [-0.15, -0.1) is 21.5 Å². The first-order chi connectivity index (χ1) is 11.8. The molecule has 2 heterocycles. The van der Waals surface area contributed by atoms with Gasteiger partial charge in [0.05, 0.1) is 5.69 Å². The van der Waals surface area contributed by atoms with Crippen LogP contribution in [0.5, 0.6) is 0 Å². The van der Waals surface area contributed by atoms with Crippen molar-refractivity contribution in [3.05, 3.63) is 70.1 Å². The van der Waals surface area contributed by atoms with E-state index >= 15 is 0 Å². The second-order valence-corrected chi connectivity index (χ2v) is 6.94. The van der Waals surface area contributed by atoms with E-state index in [4.69, 9.17) is 0 Å². The number of nitrogens with zero attached hydrogens (tertiary/aromatic N) is 5. The van der Waals surface area contributed by atoms with E-state index < -0.39 is 0 Å². The van der Waals surface area contributed by atoms with Crippen molar-refractivity contribution in [3.63, 3.8) is 0 Å². The van der Waals surface area contributed by atoms with E-state index in [9.17, 15) is 0 Å².